The second-order valence-corrected chi connectivity index (χ2v) is 4.39. The van der Waals surface area contributed by atoms with Gasteiger partial charge >= 0.3 is 0 Å². The number of fused-ring (bicyclic) bond motifs is 1. The zero-order valence-electron chi connectivity index (χ0n) is 10.3. The molecule has 0 unspecified atom stereocenters. The van der Waals surface area contributed by atoms with E-state index in [4.69, 9.17) is 9.47 Å². The highest BCUT2D eigenvalue weighted by Crippen LogP contribution is 2.39. The average Bonchev–Trinajstić information content (AvgIpc) is 2.87. The van der Waals surface area contributed by atoms with Gasteiger partial charge in [0.1, 0.15) is 5.82 Å². The molecule has 2 aromatic rings. The molecule has 0 fully saturated rings. The van der Waals surface area contributed by atoms with Crippen LogP contribution >= 0.6 is 0 Å². The Bertz CT molecular complexity index is 665. The van der Waals surface area contributed by atoms with E-state index in [2.05, 4.69) is 0 Å². The summed E-state index contributed by atoms with van der Waals surface area (Å²) in [6.45, 7) is 1.99. The number of rotatable bonds is 2. The van der Waals surface area contributed by atoms with E-state index in [0.717, 1.165) is 5.56 Å². The molecule has 96 valence electrons. The van der Waals surface area contributed by atoms with Crippen LogP contribution in [-0.2, 0) is 0 Å². The highest BCUT2D eigenvalue weighted by Gasteiger charge is 2.19. The lowest BCUT2D eigenvalue weighted by Gasteiger charge is -2.09. The first-order valence-corrected chi connectivity index (χ1v) is 5.84. The number of aldehydes is 1. The van der Waals surface area contributed by atoms with E-state index in [0.29, 0.717) is 34.5 Å². The molecule has 4 heteroatoms. The fourth-order valence-electron chi connectivity index (χ4n) is 2.13. The number of ether oxygens (including phenoxy) is 2. The summed E-state index contributed by atoms with van der Waals surface area (Å²) >= 11 is 0. The molecule has 0 saturated carbocycles. The molecule has 19 heavy (non-hydrogen) atoms. The first kappa shape index (κ1) is 11.7. The van der Waals surface area contributed by atoms with Crippen molar-refractivity contribution in [2.45, 2.75) is 6.92 Å². The van der Waals surface area contributed by atoms with Crippen molar-refractivity contribution in [2.75, 3.05) is 6.79 Å². The number of aryl methyl sites for hydroxylation is 1. The van der Waals surface area contributed by atoms with Gasteiger partial charge in [0, 0.05) is 11.1 Å². The van der Waals surface area contributed by atoms with Crippen LogP contribution in [-0.4, -0.2) is 13.1 Å². The topological polar surface area (TPSA) is 35.5 Å². The summed E-state index contributed by atoms with van der Waals surface area (Å²) in [7, 11) is 0. The van der Waals surface area contributed by atoms with E-state index >= 15 is 0 Å². The van der Waals surface area contributed by atoms with Gasteiger partial charge in [-0.15, -0.1) is 0 Å². The van der Waals surface area contributed by atoms with Gasteiger partial charge in [-0.1, -0.05) is 11.6 Å². The molecular formula is C15H11FO3. The molecule has 0 radical (unpaired) electrons. The van der Waals surface area contributed by atoms with Gasteiger partial charge in [0.25, 0.3) is 0 Å². The van der Waals surface area contributed by atoms with Gasteiger partial charge < -0.3 is 9.47 Å². The Balaban J connectivity index is 2.24. The minimum absolute atomic E-state index is 0.118. The van der Waals surface area contributed by atoms with Crippen LogP contribution in [0, 0.1) is 12.7 Å². The Morgan fingerprint density at radius 2 is 1.84 bits per heavy atom. The number of benzene rings is 2. The van der Waals surface area contributed by atoms with Crippen LogP contribution in [0.15, 0.2) is 30.3 Å². The summed E-state index contributed by atoms with van der Waals surface area (Å²) in [4.78, 5) is 11.2. The number of hydrogen-bond donors (Lipinski definition) is 0. The van der Waals surface area contributed by atoms with Crippen LogP contribution in [0.4, 0.5) is 4.39 Å². The SMILES string of the molecule is Cc1ccc(F)c(-c2cc3c(cc2C=O)OCO3)c1. The maximum atomic E-state index is 13.9. The van der Waals surface area contributed by atoms with Gasteiger partial charge in [0.2, 0.25) is 6.79 Å². The Morgan fingerprint density at radius 3 is 2.58 bits per heavy atom. The summed E-state index contributed by atoms with van der Waals surface area (Å²) in [6, 6.07) is 8.01. The lowest BCUT2D eigenvalue weighted by atomic mass is 9.97. The van der Waals surface area contributed by atoms with Crippen LogP contribution in [0.3, 0.4) is 0 Å². The molecule has 0 atom stereocenters. The van der Waals surface area contributed by atoms with E-state index in [9.17, 15) is 9.18 Å². The molecule has 0 saturated heterocycles. The first-order valence-electron chi connectivity index (χ1n) is 5.84. The standard InChI is InChI=1S/C15H11FO3/c1-9-2-3-13(16)12(4-9)11-6-15-14(18-8-19-15)5-10(11)7-17/h2-7H,8H2,1H3. The minimum atomic E-state index is -0.368. The molecule has 1 aliphatic rings. The molecule has 0 spiro atoms. The molecule has 0 N–H and O–H groups in total. The van der Waals surface area contributed by atoms with Crippen molar-refractivity contribution >= 4 is 6.29 Å². The average molecular weight is 258 g/mol. The third kappa shape index (κ3) is 1.95. The molecule has 0 amide bonds. The van der Waals surface area contributed by atoms with Crippen molar-refractivity contribution in [3.8, 4) is 22.6 Å². The molecule has 0 bridgehead atoms. The van der Waals surface area contributed by atoms with E-state index in [-0.39, 0.29) is 12.6 Å². The minimum Gasteiger partial charge on any atom is -0.454 e. The Labute approximate surface area is 109 Å². The smallest absolute Gasteiger partial charge is 0.231 e. The van der Waals surface area contributed by atoms with E-state index in [1.807, 2.05) is 6.92 Å². The maximum absolute atomic E-state index is 13.9. The highest BCUT2D eigenvalue weighted by atomic mass is 19.1. The van der Waals surface area contributed by atoms with Gasteiger partial charge in [-0.3, -0.25) is 4.79 Å². The molecular weight excluding hydrogens is 247 g/mol. The van der Waals surface area contributed by atoms with Gasteiger partial charge in [0.05, 0.1) is 0 Å². The number of carbonyl (C=O) groups is 1. The third-order valence-electron chi connectivity index (χ3n) is 3.08. The van der Waals surface area contributed by atoms with Crippen molar-refractivity contribution in [2.24, 2.45) is 0 Å². The van der Waals surface area contributed by atoms with Crippen molar-refractivity contribution in [1.29, 1.82) is 0 Å². The predicted octanol–water partition coefficient (Wildman–Crippen LogP) is 3.34. The van der Waals surface area contributed by atoms with E-state index in [1.165, 1.54) is 6.07 Å². The summed E-state index contributed by atoms with van der Waals surface area (Å²) in [6.07, 6.45) is 0.694. The van der Waals surface area contributed by atoms with Gasteiger partial charge in [-0.2, -0.15) is 0 Å². The van der Waals surface area contributed by atoms with Crippen LogP contribution in [0.1, 0.15) is 15.9 Å². The number of carbonyl (C=O) groups excluding carboxylic acids is 1. The molecule has 0 aromatic heterocycles. The second kappa shape index (κ2) is 4.39. The molecule has 1 heterocycles. The molecule has 3 nitrogen and oxygen atoms in total. The predicted molar refractivity (Wildman–Crippen MR) is 68.1 cm³/mol. The van der Waals surface area contributed by atoms with Crippen molar-refractivity contribution in [1.82, 2.24) is 0 Å². The lowest BCUT2D eigenvalue weighted by molar-refractivity contribution is 0.112. The van der Waals surface area contributed by atoms with Crippen molar-refractivity contribution in [3.05, 3.63) is 47.3 Å². The number of hydrogen-bond acceptors (Lipinski definition) is 3. The summed E-state index contributed by atoms with van der Waals surface area (Å²) in [5.41, 5.74) is 2.21. The fourth-order valence-corrected chi connectivity index (χ4v) is 2.13. The highest BCUT2D eigenvalue weighted by molar-refractivity contribution is 5.89. The fraction of sp³-hybridized carbons (Fsp3) is 0.133. The van der Waals surface area contributed by atoms with Crippen molar-refractivity contribution < 1.29 is 18.7 Å². The zero-order chi connectivity index (χ0) is 13.4. The largest absolute Gasteiger partial charge is 0.454 e. The normalized spacial score (nSPS) is 12.5. The van der Waals surface area contributed by atoms with Crippen LogP contribution in [0.25, 0.3) is 11.1 Å². The molecule has 0 aliphatic carbocycles. The quantitative estimate of drug-likeness (QED) is 0.775. The molecule has 3 rings (SSSR count). The van der Waals surface area contributed by atoms with Crippen LogP contribution < -0.4 is 9.47 Å². The summed E-state index contributed by atoms with van der Waals surface area (Å²) in [5.74, 6) is 0.674. The monoisotopic (exact) mass is 258 g/mol. The molecule has 2 aromatic carbocycles. The van der Waals surface area contributed by atoms with Gasteiger partial charge in [-0.05, 0) is 36.8 Å². The third-order valence-corrected chi connectivity index (χ3v) is 3.08. The van der Waals surface area contributed by atoms with E-state index < -0.39 is 0 Å². The lowest BCUT2D eigenvalue weighted by Crippen LogP contribution is -1.92. The van der Waals surface area contributed by atoms with Gasteiger partial charge in [-0.25, -0.2) is 4.39 Å². The Morgan fingerprint density at radius 1 is 1.11 bits per heavy atom. The second-order valence-electron chi connectivity index (χ2n) is 4.39. The molecule has 1 aliphatic heterocycles. The first-order chi connectivity index (χ1) is 9.19. The maximum Gasteiger partial charge on any atom is 0.231 e. The Kier molecular flexibility index (Phi) is 2.71. The van der Waals surface area contributed by atoms with Gasteiger partial charge in [0.15, 0.2) is 17.8 Å². The summed E-state index contributed by atoms with van der Waals surface area (Å²) in [5, 5.41) is 0. The van der Waals surface area contributed by atoms with Crippen molar-refractivity contribution in [3.63, 3.8) is 0 Å². The van der Waals surface area contributed by atoms with E-state index in [1.54, 1.807) is 24.3 Å². The Hall–Kier alpha value is -2.36. The number of halogens is 1. The van der Waals surface area contributed by atoms with Crippen LogP contribution in [0.5, 0.6) is 11.5 Å². The zero-order valence-corrected chi connectivity index (χ0v) is 10.3. The summed E-state index contributed by atoms with van der Waals surface area (Å²) < 4.78 is 24.4. The van der Waals surface area contributed by atoms with Crippen LogP contribution in [0.2, 0.25) is 0 Å².